The molecule has 3 aromatic carbocycles. The molecule has 1 saturated heterocycles. The molecule has 0 radical (unpaired) electrons. The molecule has 2 amide bonds. The van der Waals surface area contributed by atoms with E-state index in [1.54, 1.807) is 24.3 Å². The van der Waals surface area contributed by atoms with E-state index in [4.69, 9.17) is 16.3 Å². The number of methoxy groups -OCH3 is 1. The van der Waals surface area contributed by atoms with E-state index >= 15 is 0 Å². The first-order chi connectivity index (χ1) is 16.5. The Morgan fingerprint density at radius 3 is 2.29 bits per heavy atom. The summed E-state index contributed by atoms with van der Waals surface area (Å²) in [6.07, 6.45) is 3.49. The molecule has 0 aliphatic carbocycles. The van der Waals surface area contributed by atoms with Crippen molar-refractivity contribution in [1.82, 2.24) is 4.90 Å². The van der Waals surface area contributed by atoms with Crippen LogP contribution >= 0.6 is 11.6 Å². The van der Waals surface area contributed by atoms with Crippen LogP contribution in [0.25, 0.3) is 6.08 Å². The quantitative estimate of drug-likeness (QED) is 0.512. The fourth-order valence-corrected chi connectivity index (χ4v) is 4.05. The SMILES string of the molecule is COc1ccc(C(=O)Nc2ccc(N3CCN(C(=O)/C=C/c4ccccc4)CC3)cc2)cc1Cl. The van der Waals surface area contributed by atoms with Crippen molar-refractivity contribution < 1.29 is 14.3 Å². The molecule has 0 spiro atoms. The highest BCUT2D eigenvalue weighted by Crippen LogP contribution is 2.26. The minimum absolute atomic E-state index is 0.0280. The number of anilines is 2. The third kappa shape index (κ3) is 5.77. The van der Waals surface area contributed by atoms with Crippen LogP contribution in [0.15, 0.2) is 78.9 Å². The van der Waals surface area contributed by atoms with Gasteiger partial charge in [-0.05, 0) is 54.1 Å². The lowest BCUT2D eigenvalue weighted by molar-refractivity contribution is -0.126. The summed E-state index contributed by atoms with van der Waals surface area (Å²) in [5, 5.41) is 3.27. The van der Waals surface area contributed by atoms with E-state index in [-0.39, 0.29) is 11.8 Å². The Balaban J connectivity index is 1.30. The lowest BCUT2D eigenvalue weighted by atomic mass is 10.2. The number of ether oxygens (including phenoxy) is 1. The lowest BCUT2D eigenvalue weighted by Crippen LogP contribution is -2.48. The minimum Gasteiger partial charge on any atom is -0.495 e. The van der Waals surface area contributed by atoms with Gasteiger partial charge in [0, 0.05) is 49.2 Å². The molecule has 0 aromatic heterocycles. The Hall–Kier alpha value is -3.77. The Bertz CT molecular complexity index is 1170. The molecule has 1 aliphatic heterocycles. The lowest BCUT2D eigenvalue weighted by Gasteiger charge is -2.35. The first-order valence-corrected chi connectivity index (χ1v) is 11.4. The third-order valence-corrected chi connectivity index (χ3v) is 6.01. The molecule has 0 unspecified atom stereocenters. The second kappa shape index (κ2) is 10.9. The normalized spacial score (nSPS) is 13.7. The highest BCUT2D eigenvalue weighted by atomic mass is 35.5. The van der Waals surface area contributed by atoms with Crippen molar-refractivity contribution in [3.05, 3.63) is 95.0 Å². The molecule has 1 fully saturated rings. The first kappa shape index (κ1) is 23.4. The predicted octanol–water partition coefficient (Wildman–Crippen LogP) is 4.96. The van der Waals surface area contributed by atoms with Crippen molar-refractivity contribution in [2.45, 2.75) is 0 Å². The summed E-state index contributed by atoms with van der Waals surface area (Å²) in [6, 6.07) is 22.4. The second-order valence-electron chi connectivity index (χ2n) is 7.91. The fraction of sp³-hybridized carbons (Fsp3) is 0.185. The number of benzene rings is 3. The number of nitrogens with zero attached hydrogens (tertiary/aromatic N) is 2. The number of carbonyl (C=O) groups is 2. The van der Waals surface area contributed by atoms with E-state index in [1.807, 2.05) is 65.6 Å². The van der Waals surface area contributed by atoms with Crippen molar-refractivity contribution >= 4 is 40.9 Å². The highest BCUT2D eigenvalue weighted by molar-refractivity contribution is 6.32. The molecule has 1 aliphatic rings. The summed E-state index contributed by atoms with van der Waals surface area (Å²) in [7, 11) is 1.53. The van der Waals surface area contributed by atoms with Gasteiger partial charge in [0.1, 0.15) is 5.75 Å². The Morgan fingerprint density at radius 2 is 1.65 bits per heavy atom. The van der Waals surface area contributed by atoms with Gasteiger partial charge in [0.25, 0.3) is 5.91 Å². The van der Waals surface area contributed by atoms with Crippen LogP contribution in [0.2, 0.25) is 5.02 Å². The van der Waals surface area contributed by atoms with Crippen LogP contribution in [0.4, 0.5) is 11.4 Å². The third-order valence-electron chi connectivity index (χ3n) is 5.71. The van der Waals surface area contributed by atoms with Gasteiger partial charge in [0.05, 0.1) is 12.1 Å². The molecule has 1 N–H and O–H groups in total. The summed E-state index contributed by atoms with van der Waals surface area (Å²) in [5.41, 5.74) is 3.21. The molecule has 3 aromatic rings. The molecule has 7 heteroatoms. The van der Waals surface area contributed by atoms with E-state index in [0.717, 1.165) is 24.3 Å². The van der Waals surface area contributed by atoms with Gasteiger partial charge in [-0.1, -0.05) is 41.9 Å². The van der Waals surface area contributed by atoms with Gasteiger partial charge in [0.15, 0.2) is 0 Å². The van der Waals surface area contributed by atoms with Gasteiger partial charge in [-0.25, -0.2) is 0 Å². The molecule has 6 nitrogen and oxygen atoms in total. The van der Waals surface area contributed by atoms with Gasteiger partial charge in [-0.15, -0.1) is 0 Å². The zero-order valence-corrected chi connectivity index (χ0v) is 19.7. The van der Waals surface area contributed by atoms with E-state index in [1.165, 1.54) is 7.11 Å². The summed E-state index contributed by atoms with van der Waals surface area (Å²) in [4.78, 5) is 29.1. The fourth-order valence-electron chi connectivity index (χ4n) is 3.79. The number of halogens is 1. The standard InChI is InChI=1S/C27H26ClN3O3/c1-34-25-13-8-21(19-24(25)28)27(33)29-22-9-11-23(12-10-22)30-15-17-31(18-16-30)26(32)14-7-20-5-3-2-4-6-20/h2-14,19H,15-18H2,1H3,(H,29,33)/b14-7+. The van der Waals surface area contributed by atoms with Gasteiger partial charge in [-0.2, -0.15) is 0 Å². The van der Waals surface area contributed by atoms with Crippen molar-refractivity contribution in [2.24, 2.45) is 0 Å². The molecular formula is C27H26ClN3O3. The van der Waals surface area contributed by atoms with Gasteiger partial charge in [-0.3, -0.25) is 9.59 Å². The first-order valence-electron chi connectivity index (χ1n) is 11.1. The molecule has 1 heterocycles. The van der Waals surface area contributed by atoms with Gasteiger partial charge >= 0.3 is 0 Å². The number of carbonyl (C=O) groups excluding carboxylic acids is 2. The van der Waals surface area contributed by atoms with Crippen molar-refractivity contribution in [1.29, 1.82) is 0 Å². The average molecular weight is 476 g/mol. The van der Waals surface area contributed by atoms with Crippen LogP contribution < -0.4 is 15.0 Å². The summed E-state index contributed by atoms with van der Waals surface area (Å²) in [6.45, 7) is 2.82. The van der Waals surface area contributed by atoms with Gasteiger partial charge in [0.2, 0.25) is 5.91 Å². The molecule has 0 bridgehead atoms. The zero-order chi connectivity index (χ0) is 23.9. The Kier molecular flexibility index (Phi) is 7.50. The number of hydrogen-bond acceptors (Lipinski definition) is 4. The summed E-state index contributed by atoms with van der Waals surface area (Å²) in [5.74, 6) is 0.310. The van der Waals surface area contributed by atoms with E-state index in [0.29, 0.717) is 35.1 Å². The maximum absolute atomic E-state index is 12.5. The van der Waals surface area contributed by atoms with Crippen molar-refractivity contribution in [3.63, 3.8) is 0 Å². The number of piperazine rings is 1. The van der Waals surface area contributed by atoms with Crippen LogP contribution in [0.3, 0.4) is 0 Å². The monoisotopic (exact) mass is 475 g/mol. The largest absolute Gasteiger partial charge is 0.495 e. The molecule has 0 saturated carbocycles. The molecule has 34 heavy (non-hydrogen) atoms. The Labute approximate surface area is 204 Å². The number of rotatable bonds is 6. The minimum atomic E-state index is -0.243. The smallest absolute Gasteiger partial charge is 0.255 e. The predicted molar refractivity (Wildman–Crippen MR) is 137 cm³/mol. The van der Waals surface area contributed by atoms with E-state index in [9.17, 15) is 9.59 Å². The summed E-state index contributed by atoms with van der Waals surface area (Å²) >= 11 is 6.12. The van der Waals surface area contributed by atoms with Crippen molar-refractivity contribution in [2.75, 3.05) is 43.5 Å². The molecule has 174 valence electrons. The zero-order valence-electron chi connectivity index (χ0n) is 18.9. The molecule has 4 rings (SSSR count). The van der Waals surface area contributed by atoms with Crippen LogP contribution in [-0.4, -0.2) is 50.0 Å². The average Bonchev–Trinajstić information content (AvgIpc) is 2.88. The van der Waals surface area contributed by atoms with Crippen LogP contribution in [0.1, 0.15) is 15.9 Å². The van der Waals surface area contributed by atoms with Crippen LogP contribution in [0, 0.1) is 0 Å². The number of amides is 2. The van der Waals surface area contributed by atoms with E-state index in [2.05, 4.69) is 10.2 Å². The van der Waals surface area contributed by atoms with Crippen molar-refractivity contribution in [3.8, 4) is 5.75 Å². The summed E-state index contributed by atoms with van der Waals surface area (Å²) < 4.78 is 5.13. The number of nitrogens with one attached hydrogen (secondary N) is 1. The van der Waals surface area contributed by atoms with E-state index < -0.39 is 0 Å². The van der Waals surface area contributed by atoms with Crippen LogP contribution in [-0.2, 0) is 4.79 Å². The highest BCUT2D eigenvalue weighted by Gasteiger charge is 2.20. The maximum atomic E-state index is 12.5. The second-order valence-corrected chi connectivity index (χ2v) is 8.31. The Morgan fingerprint density at radius 1 is 0.941 bits per heavy atom. The molecule has 0 atom stereocenters. The topological polar surface area (TPSA) is 61.9 Å². The number of hydrogen-bond donors (Lipinski definition) is 1. The van der Waals surface area contributed by atoms with Crippen LogP contribution in [0.5, 0.6) is 5.75 Å². The van der Waals surface area contributed by atoms with Gasteiger partial charge < -0.3 is 19.9 Å². The molecular weight excluding hydrogens is 450 g/mol. The maximum Gasteiger partial charge on any atom is 0.255 e.